The number of aromatic nitrogens is 5. The van der Waals surface area contributed by atoms with Crippen LogP contribution in [-0.2, 0) is 12.4 Å². The van der Waals surface area contributed by atoms with E-state index >= 15 is 0 Å². The summed E-state index contributed by atoms with van der Waals surface area (Å²) in [5.74, 6) is 1.98. The van der Waals surface area contributed by atoms with E-state index in [9.17, 15) is 4.79 Å². The van der Waals surface area contributed by atoms with Gasteiger partial charge in [0.15, 0.2) is 17.2 Å². The Labute approximate surface area is 253 Å². The molecule has 43 heavy (non-hydrogen) atoms. The van der Waals surface area contributed by atoms with Crippen molar-refractivity contribution in [1.29, 1.82) is 0 Å². The molecule has 5 aromatic rings. The van der Waals surface area contributed by atoms with Gasteiger partial charge in [0.25, 0.3) is 5.91 Å². The third kappa shape index (κ3) is 6.32. The second kappa shape index (κ2) is 13.0. The van der Waals surface area contributed by atoms with E-state index in [0.29, 0.717) is 35.1 Å². The number of nitrogens with one attached hydrogen (secondary N) is 1. The Balaban J connectivity index is 1.14. The van der Waals surface area contributed by atoms with Gasteiger partial charge in [-0.2, -0.15) is 9.78 Å². The molecule has 1 aliphatic heterocycles. The number of anilines is 1. The molecule has 0 radical (unpaired) electrons. The fourth-order valence-electron chi connectivity index (χ4n) is 4.32. The maximum Gasteiger partial charge on any atom is 0.293 e. The second-order valence-corrected chi connectivity index (χ2v) is 11.4. The molecule has 0 spiro atoms. The Morgan fingerprint density at radius 2 is 2.07 bits per heavy atom. The maximum absolute atomic E-state index is 13.1. The number of carbonyl (C=O) groups is 1. The van der Waals surface area contributed by atoms with Crippen molar-refractivity contribution in [3.8, 4) is 17.3 Å². The number of rotatable bonds is 10. The number of thioether (sulfide) groups is 2. The van der Waals surface area contributed by atoms with Gasteiger partial charge in [-0.15, -0.1) is 5.10 Å². The summed E-state index contributed by atoms with van der Waals surface area (Å²) < 4.78 is 18.6. The second-order valence-electron chi connectivity index (χ2n) is 9.09. The Morgan fingerprint density at radius 1 is 1.19 bits per heavy atom. The summed E-state index contributed by atoms with van der Waals surface area (Å²) in [6, 6.07) is 19.7. The van der Waals surface area contributed by atoms with Crippen LogP contribution in [-0.4, -0.2) is 61.2 Å². The van der Waals surface area contributed by atoms with Gasteiger partial charge < -0.3 is 15.2 Å². The molecule has 6 rings (SSSR count). The summed E-state index contributed by atoms with van der Waals surface area (Å²) in [6.07, 6.45) is 1.50. The smallest absolute Gasteiger partial charge is 0.293 e. The van der Waals surface area contributed by atoms with E-state index in [4.69, 9.17) is 19.8 Å². The van der Waals surface area contributed by atoms with Gasteiger partial charge in [-0.05, 0) is 50.4 Å². The molecule has 1 aliphatic rings. The number of amides is 1. The zero-order chi connectivity index (χ0) is 29.6. The minimum Gasteiger partial charge on any atom is -0.493 e. The number of methoxy groups -OCH3 is 1. The van der Waals surface area contributed by atoms with Crippen molar-refractivity contribution in [3.63, 3.8) is 0 Å². The molecule has 3 N–H and O–H groups in total. The van der Waals surface area contributed by atoms with Crippen LogP contribution in [0, 0.1) is 0 Å². The number of ether oxygens (including phenoxy) is 2. The molecular formula is C28H25N9O4S2. The number of nitrogen functional groups attached to an aromatic ring is 1. The van der Waals surface area contributed by atoms with Crippen molar-refractivity contribution in [1.82, 2.24) is 30.7 Å². The topological polar surface area (TPSA) is 168 Å². The quantitative estimate of drug-likeness (QED) is 0.172. The lowest BCUT2D eigenvalue weighted by atomic mass is 10.1. The van der Waals surface area contributed by atoms with Gasteiger partial charge in [-0.3, -0.25) is 9.79 Å². The van der Waals surface area contributed by atoms with Gasteiger partial charge >= 0.3 is 0 Å². The molecule has 218 valence electrons. The van der Waals surface area contributed by atoms with Crippen LogP contribution in [0.1, 0.15) is 27.3 Å². The summed E-state index contributed by atoms with van der Waals surface area (Å²) >= 11 is 3.12. The van der Waals surface area contributed by atoms with Crippen molar-refractivity contribution in [2.45, 2.75) is 12.4 Å². The van der Waals surface area contributed by atoms with Crippen LogP contribution in [0.4, 0.5) is 5.82 Å². The highest BCUT2D eigenvalue weighted by Crippen LogP contribution is 2.30. The number of benzene rings is 3. The van der Waals surface area contributed by atoms with E-state index in [1.54, 1.807) is 31.0 Å². The van der Waals surface area contributed by atoms with E-state index in [2.05, 4.69) is 54.3 Å². The van der Waals surface area contributed by atoms with Gasteiger partial charge in [0, 0.05) is 11.5 Å². The monoisotopic (exact) mass is 615 g/mol. The predicted molar refractivity (Wildman–Crippen MR) is 166 cm³/mol. The SMILES string of the molecule is COc1cc(/C=N\NC(=O)c2nnn(-c3nonc3N)c2CSC2=NCCS2)ccc1OCc1cccc2ccccc12. The van der Waals surface area contributed by atoms with E-state index in [0.717, 1.165) is 33.0 Å². The predicted octanol–water partition coefficient (Wildman–Crippen LogP) is 4.07. The highest BCUT2D eigenvalue weighted by Gasteiger charge is 2.25. The lowest BCUT2D eigenvalue weighted by Crippen LogP contribution is -2.20. The molecule has 1 amide bonds. The fourth-order valence-corrected chi connectivity index (χ4v) is 6.33. The highest BCUT2D eigenvalue weighted by atomic mass is 32.2. The third-order valence-electron chi connectivity index (χ3n) is 6.40. The first kappa shape index (κ1) is 28.2. The van der Waals surface area contributed by atoms with Crippen molar-refractivity contribution in [2.24, 2.45) is 10.1 Å². The number of hydrogen-bond donors (Lipinski definition) is 2. The molecule has 0 unspecified atom stereocenters. The molecule has 3 heterocycles. The van der Waals surface area contributed by atoms with E-state index < -0.39 is 5.91 Å². The molecule has 0 aliphatic carbocycles. The molecule has 2 aromatic heterocycles. The summed E-state index contributed by atoms with van der Waals surface area (Å²) in [7, 11) is 1.57. The van der Waals surface area contributed by atoms with Gasteiger partial charge in [0.1, 0.15) is 11.0 Å². The maximum atomic E-state index is 13.1. The Hall–Kier alpha value is -4.89. The summed E-state index contributed by atoms with van der Waals surface area (Å²) in [5.41, 5.74) is 10.6. The first-order valence-corrected chi connectivity index (χ1v) is 15.0. The van der Waals surface area contributed by atoms with Gasteiger partial charge in [-0.25, -0.2) is 10.1 Å². The van der Waals surface area contributed by atoms with Crippen LogP contribution >= 0.6 is 23.5 Å². The minimum atomic E-state index is -0.559. The van der Waals surface area contributed by atoms with Crippen LogP contribution < -0.4 is 20.6 Å². The van der Waals surface area contributed by atoms with Crippen LogP contribution in [0.3, 0.4) is 0 Å². The normalized spacial score (nSPS) is 13.0. The summed E-state index contributed by atoms with van der Waals surface area (Å²) in [4.78, 5) is 17.5. The number of fused-ring (bicyclic) bond motifs is 1. The van der Waals surface area contributed by atoms with Gasteiger partial charge in [0.05, 0.1) is 25.6 Å². The molecular weight excluding hydrogens is 591 g/mol. The standard InChI is InChI=1S/C28H25N9O4S2/c1-39-23-13-17(9-10-22(23)40-15-19-7-4-6-18-5-2-3-8-20(18)19)14-31-33-27(38)24-21(16-43-28-30-11-12-42-28)37(36-32-24)26-25(29)34-41-35-26/h2-10,13-14H,11-12,15-16H2,1H3,(H2,29,34)(H,33,38)/b31-14-. The Morgan fingerprint density at radius 3 is 2.88 bits per heavy atom. The summed E-state index contributed by atoms with van der Waals surface area (Å²) in [6.45, 7) is 1.14. The lowest BCUT2D eigenvalue weighted by Gasteiger charge is -2.12. The number of hydrogen-bond acceptors (Lipinski definition) is 13. The van der Waals surface area contributed by atoms with Crippen molar-refractivity contribution < 1.29 is 18.9 Å². The van der Waals surface area contributed by atoms with Crippen LogP contribution in [0.2, 0.25) is 0 Å². The number of aliphatic imine (C=N–C) groups is 1. The van der Waals surface area contributed by atoms with E-state index in [1.807, 2.05) is 30.3 Å². The Kier molecular flexibility index (Phi) is 8.51. The zero-order valence-electron chi connectivity index (χ0n) is 22.8. The van der Waals surface area contributed by atoms with Gasteiger partial charge in [-0.1, -0.05) is 71.2 Å². The molecule has 3 aromatic carbocycles. The molecule has 15 heteroatoms. The molecule has 0 saturated carbocycles. The molecule has 0 fully saturated rings. The van der Waals surface area contributed by atoms with Gasteiger partial charge in [0.2, 0.25) is 11.6 Å². The number of carbonyl (C=O) groups excluding carboxylic acids is 1. The largest absolute Gasteiger partial charge is 0.493 e. The van der Waals surface area contributed by atoms with Crippen LogP contribution in [0.15, 0.2) is 75.4 Å². The number of nitrogens with two attached hydrogens (primary N) is 1. The fraction of sp³-hybridized carbons (Fsp3) is 0.179. The first-order valence-electron chi connectivity index (χ1n) is 13.0. The molecule has 0 saturated heterocycles. The van der Waals surface area contributed by atoms with Crippen LogP contribution in [0.5, 0.6) is 11.5 Å². The third-order valence-corrected chi connectivity index (χ3v) is 8.66. The molecule has 0 atom stereocenters. The van der Waals surface area contributed by atoms with Crippen molar-refractivity contribution >= 4 is 56.6 Å². The molecule has 13 nitrogen and oxygen atoms in total. The average Bonchev–Trinajstić information content (AvgIpc) is 3.80. The van der Waals surface area contributed by atoms with E-state index in [-0.39, 0.29) is 17.3 Å². The number of hydrazone groups is 1. The zero-order valence-corrected chi connectivity index (χ0v) is 24.5. The average molecular weight is 616 g/mol. The molecule has 0 bridgehead atoms. The highest BCUT2D eigenvalue weighted by molar-refractivity contribution is 8.38. The number of nitrogens with zero attached hydrogens (tertiary/aromatic N) is 7. The Bertz CT molecular complexity index is 1830. The van der Waals surface area contributed by atoms with E-state index in [1.165, 1.54) is 22.7 Å². The first-order chi connectivity index (χ1) is 21.1. The van der Waals surface area contributed by atoms with Crippen LogP contribution in [0.25, 0.3) is 16.6 Å². The minimum absolute atomic E-state index is 0.0206. The lowest BCUT2D eigenvalue weighted by molar-refractivity contribution is 0.0949. The van der Waals surface area contributed by atoms with Crippen molar-refractivity contribution in [2.75, 3.05) is 25.1 Å². The van der Waals surface area contributed by atoms with Crippen molar-refractivity contribution in [3.05, 3.63) is 83.2 Å². The summed E-state index contributed by atoms with van der Waals surface area (Å²) in [5, 5.41) is 21.9.